The first-order chi connectivity index (χ1) is 30.0. The van der Waals surface area contributed by atoms with Crippen molar-refractivity contribution in [1.82, 2.24) is 35.7 Å². The number of imide groups is 2. The van der Waals surface area contributed by atoms with E-state index in [2.05, 4.69) is 51.7 Å². The quantitative estimate of drug-likeness (QED) is 0.0656. The highest BCUT2D eigenvalue weighted by Crippen LogP contribution is 2.34. The van der Waals surface area contributed by atoms with Crippen LogP contribution in [0.15, 0.2) is 66.9 Å². The van der Waals surface area contributed by atoms with Gasteiger partial charge in [0, 0.05) is 76.6 Å². The Bertz CT molecular complexity index is 2370. The summed E-state index contributed by atoms with van der Waals surface area (Å²) in [6, 6.07) is 16.8. The number of benzene rings is 3. The Morgan fingerprint density at radius 3 is 2.47 bits per heavy atom. The number of para-hydroxylation sites is 1. The van der Waals surface area contributed by atoms with E-state index in [0.717, 1.165) is 56.2 Å². The topological polar surface area (TPSA) is 219 Å². The molecule has 1 aromatic heterocycles. The number of piperidine rings is 1. The summed E-state index contributed by atoms with van der Waals surface area (Å²) < 4.78 is 5.74. The number of nitrogens with zero attached hydrogens (tertiary/aromatic N) is 5. The van der Waals surface area contributed by atoms with Crippen molar-refractivity contribution >= 4 is 81.6 Å². The number of carbonyl (C=O) groups is 6. The number of rotatable bonds is 17. The zero-order valence-corrected chi connectivity index (χ0v) is 35.1. The third-order valence-electron chi connectivity index (χ3n) is 10.9. The first-order valence-electron chi connectivity index (χ1n) is 20.4. The van der Waals surface area contributed by atoms with Gasteiger partial charge in [0.05, 0.1) is 41.4 Å². The maximum Gasteiger partial charge on any atom is 0.264 e. The first-order valence-corrected chi connectivity index (χ1v) is 20.8. The lowest BCUT2D eigenvalue weighted by atomic mass is 10.0. The number of hydrogen-bond donors (Lipinski definition) is 6. The smallest absolute Gasteiger partial charge is 0.264 e. The largest absolute Gasteiger partial charge is 0.494 e. The molecule has 2 fully saturated rings. The molecule has 0 spiro atoms. The van der Waals surface area contributed by atoms with Crippen molar-refractivity contribution in [3.8, 4) is 5.75 Å². The minimum Gasteiger partial charge on any atom is -0.494 e. The van der Waals surface area contributed by atoms with Gasteiger partial charge in [0.25, 0.3) is 17.7 Å². The van der Waals surface area contributed by atoms with Crippen LogP contribution in [-0.2, 0) is 14.4 Å². The van der Waals surface area contributed by atoms with E-state index in [9.17, 15) is 28.8 Å². The molecule has 0 bridgehead atoms. The van der Waals surface area contributed by atoms with E-state index in [1.807, 2.05) is 24.3 Å². The van der Waals surface area contributed by atoms with Gasteiger partial charge < -0.3 is 36.2 Å². The van der Waals surface area contributed by atoms with Gasteiger partial charge in [-0.05, 0) is 62.2 Å². The summed E-state index contributed by atoms with van der Waals surface area (Å²) >= 11 is 6.42. The second-order valence-electron chi connectivity index (χ2n) is 14.9. The van der Waals surface area contributed by atoms with Gasteiger partial charge in [-0.15, -0.1) is 0 Å². The van der Waals surface area contributed by atoms with Crippen molar-refractivity contribution in [3.63, 3.8) is 0 Å². The van der Waals surface area contributed by atoms with Crippen LogP contribution in [0.4, 0.5) is 34.5 Å². The SMILES string of the molecule is CNC(=O)c1ccccc1Nc1nc(Nc2ccc(N3CCN(CCCCC(=O)NCCNc4cccc5c4C(=O)N(C4CCC(=O)NC4=O)C5=O)CC3)cc2OC)ncc1Cl. The van der Waals surface area contributed by atoms with Crippen molar-refractivity contribution in [2.75, 3.05) is 80.8 Å². The normalized spacial score (nSPS) is 16.4. The summed E-state index contributed by atoms with van der Waals surface area (Å²) in [4.78, 5) is 89.9. The summed E-state index contributed by atoms with van der Waals surface area (Å²) in [6.07, 6.45) is 3.61. The highest BCUT2D eigenvalue weighted by atomic mass is 35.5. The maximum atomic E-state index is 13.3. The lowest BCUT2D eigenvalue weighted by Gasteiger charge is -2.36. The number of piperazine rings is 1. The minimum absolute atomic E-state index is 0.0468. The summed E-state index contributed by atoms with van der Waals surface area (Å²) in [5, 5.41) is 17.5. The van der Waals surface area contributed by atoms with Crippen LogP contribution in [0.2, 0.25) is 5.02 Å². The van der Waals surface area contributed by atoms with Crippen LogP contribution in [0.25, 0.3) is 0 Å². The zero-order valence-electron chi connectivity index (χ0n) is 34.4. The highest BCUT2D eigenvalue weighted by molar-refractivity contribution is 6.33. The number of nitrogens with one attached hydrogen (secondary N) is 6. The van der Waals surface area contributed by atoms with Gasteiger partial charge in [-0.3, -0.25) is 43.9 Å². The molecule has 0 aliphatic carbocycles. The van der Waals surface area contributed by atoms with Gasteiger partial charge in [-0.2, -0.15) is 4.98 Å². The average Bonchev–Trinajstić information content (AvgIpc) is 3.54. The summed E-state index contributed by atoms with van der Waals surface area (Å²) in [5.74, 6) is -1.33. The van der Waals surface area contributed by atoms with E-state index >= 15 is 0 Å². The van der Waals surface area contributed by atoms with Gasteiger partial charge >= 0.3 is 0 Å². The second kappa shape index (κ2) is 19.7. The number of ether oxygens (including phenoxy) is 1. The molecule has 18 nitrogen and oxygen atoms in total. The molecule has 4 heterocycles. The third kappa shape index (κ3) is 9.87. The van der Waals surface area contributed by atoms with E-state index in [-0.39, 0.29) is 46.8 Å². The molecule has 3 aromatic carbocycles. The predicted molar refractivity (Wildman–Crippen MR) is 234 cm³/mol. The minimum atomic E-state index is -1.04. The fourth-order valence-corrected chi connectivity index (χ4v) is 7.81. The van der Waals surface area contributed by atoms with Crippen LogP contribution in [0.5, 0.6) is 5.75 Å². The van der Waals surface area contributed by atoms with Crippen LogP contribution in [0.1, 0.15) is 63.2 Å². The number of carbonyl (C=O) groups excluding carboxylic acids is 6. The Morgan fingerprint density at radius 2 is 1.69 bits per heavy atom. The van der Waals surface area contributed by atoms with Crippen molar-refractivity contribution in [2.24, 2.45) is 0 Å². The number of hydrogen-bond acceptors (Lipinski definition) is 14. The maximum absolute atomic E-state index is 13.3. The molecule has 19 heteroatoms. The van der Waals surface area contributed by atoms with Crippen LogP contribution in [-0.4, -0.2) is 121 Å². The Hall–Kier alpha value is -6.79. The standard InChI is InChI=1S/C43H48ClN11O7/c1-45-39(58)27-8-3-4-10-30(27)49-38-29(44)25-48-43(52-38)50-31-14-13-26(24-34(31)62-2)54-22-20-53(21-23-54)19-6-5-12-35(56)47-18-17-46-32-11-7-9-28-37(32)42(61)55(41(28)60)33-15-16-36(57)51-40(33)59/h3-4,7-11,13-14,24-25,33,46H,5-6,12,15-23H2,1-2H3,(H,45,58)(H,47,56)(H,51,57,59)(H2,48,49,50,52). The molecule has 1 unspecified atom stereocenters. The number of halogens is 1. The Balaban J connectivity index is 0.817. The molecule has 0 saturated carbocycles. The third-order valence-corrected chi connectivity index (χ3v) is 11.2. The Kier molecular flexibility index (Phi) is 13.8. The van der Waals surface area contributed by atoms with Crippen LogP contribution in [0, 0.1) is 0 Å². The van der Waals surface area contributed by atoms with E-state index in [1.165, 1.54) is 6.20 Å². The molecule has 6 amide bonds. The van der Waals surface area contributed by atoms with Crippen LogP contribution in [0.3, 0.4) is 0 Å². The number of aromatic nitrogens is 2. The van der Waals surface area contributed by atoms with E-state index in [0.29, 0.717) is 53.7 Å². The van der Waals surface area contributed by atoms with Gasteiger partial charge in [0.15, 0.2) is 5.82 Å². The average molecular weight is 866 g/mol. The number of anilines is 6. The molecule has 324 valence electrons. The fraction of sp³-hybridized carbons (Fsp3) is 0.349. The Labute approximate surface area is 363 Å². The summed E-state index contributed by atoms with van der Waals surface area (Å²) in [6.45, 7) is 4.93. The summed E-state index contributed by atoms with van der Waals surface area (Å²) in [5.41, 5.74) is 3.49. The molecule has 62 heavy (non-hydrogen) atoms. The van der Waals surface area contributed by atoms with Gasteiger partial charge in [-0.1, -0.05) is 29.8 Å². The number of amides is 6. The van der Waals surface area contributed by atoms with Crippen molar-refractivity contribution in [2.45, 2.75) is 38.1 Å². The molecule has 7 rings (SSSR count). The second-order valence-corrected chi connectivity index (χ2v) is 15.3. The molecular weight excluding hydrogens is 818 g/mol. The molecule has 2 saturated heterocycles. The Morgan fingerprint density at radius 1 is 0.903 bits per heavy atom. The number of methoxy groups -OCH3 is 1. The molecule has 6 N–H and O–H groups in total. The molecule has 0 radical (unpaired) electrons. The molecule has 3 aliphatic rings. The molecule has 4 aromatic rings. The van der Waals surface area contributed by atoms with Gasteiger partial charge in [0.2, 0.25) is 23.7 Å². The van der Waals surface area contributed by atoms with Gasteiger partial charge in [-0.25, -0.2) is 4.98 Å². The van der Waals surface area contributed by atoms with E-state index in [4.69, 9.17) is 16.3 Å². The van der Waals surface area contributed by atoms with Crippen LogP contribution >= 0.6 is 11.6 Å². The molecular formula is C43H48ClN11O7. The van der Waals surface area contributed by atoms with Crippen LogP contribution < -0.4 is 41.5 Å². The highest BCUT2D eigenvalue weighted by Gasteiger charge is 2.45. The first kappa shape index (κ1) is 43.3. The van der Waals surface area contributed by atoms with E-state index in [1.54, 1.807) is 50.6 Å². The summed E-state index contributed by atoms with van der Waals surface area (Å²) in [7, 11) is 3.17. The lowest BCUT2D eigenvalue weighted by molar-refractivity contribution is -0.136. The monoisotopic (exact) mass is 865 g/mol. The number of fused-ring (bicyclic) bond motifs is 1. The molecule has 1 atom stereocenters. The van der Waals surface area contributed by atoms with Gasteiger partial charge in [0.1, 0.15) is 16.8 Å². The number of unbranched alkanes of at least 4 members (excludes halogenated alkanes) is 1. The van der Waals surface area contributed by atoms with E-state index < -0.39 is 29.7 Å². The van der Waals surface area contributed by atoms with Crippen molar-refractivity contribution < 1.29 is 33.5 Å². The fourth-order valence-electron chi connectivity index (χ4n) is 7.67. The molecule has 3 aliphatic heterocycles. The van der Waals surface area contributed by atoms with Crippen molar-refractivity contribution in [1.29, 1.82) is 0 Å². The predicted octanol–water partition coefficient (Wildman–Crippen LogP) is 3.91. The zero-order chi connectivity index (χ0) is 43.8. The lowest BCUT2D eigenvalue weighted by Crippen LogP contribution is -2.54. The van der Waals surface area contributed by atoms with Crippen molar-refractivity contribution in [3.05, 3.63) is 88.6 Å².